The fourth-order valence-corrected chi connectivity index (χ4v) is 4.12. The molecule has 0 spiro atoms. The van der Waals surface area contributed by atoms with Crippen molar-refractivity contribution in [2.24, 2.45) is 5.92 Å². The summed E-state index contributed by atoms with van der Waals surface area (Å²) in [4.78, 5) is 31.1. The Morgan fingerprint density at radius 1 is 1.25 bits per heavy atom. The lowest BCUT2D eigenvalue weighted by molar-refractivity contribution is -0.141. The number of fused-ring (bicyclic) bond motifs is 1. The molecule has 0 bridgehead atoms. The molecular weight excluding hydrogens is 358 g/mol. The molecule has 1 aliphatic carbocycles. The topological polar surface area (TPSA) is 84.7 Å². The molecule has 2 heterocycles. The molecule has 7 nitrogen and oxygen atoms in total. The van der Waals surface area contributed by atoms with Gasteiger partial charge in [-0.05, 0) is 49.8 Å². The van der Waals surface area contributed by atoms with E-state index in [2.05, 4.69) is 15.2 Å². The van der Waals surface area contributed by atoms with Crippen molar-refractivity contribution in [2.45, 2.75) is 51.1 Å². The van der Waals surface area contributed by atoms with Crippen LogP contribution < -0.4 is 5.32 Å². The number of hydrogen-bond donors (Lipinski definition) is 1. The highest BCUT2D eigenvalue weighted by molar-refractivity contribution is 5.97. The Labute approximate surface area is 164 Å². The SMILES string of the molecule is COC(=O)C[C@H]1CC[C@@H](CNC(=O)c2ccc3nc(C)oc3c2)N1CC1CC1. The van der Waals surface area contributed by atoms with Crippen LogP contribution in [-0.4, -0.2) is 54.0 Å². The first-order chi connectivity index (χ1) is 13.5. The molecule has 1 saturated carbocycles. The van der Waals surface area contributed by atoms with Crippen molar-refractivity contribution in [1.29, 1.82) is 0 Å². The first-order valence-electron chi connectivity index (χ1n) is 10.0. The van der Waals surface area contributed by atoms with Crippen LogP contribution >= 0.6 is 0 Å². The number of ether oxygens (including phenoxy) is 1. The second-order valence-corrected chi connectivity index (χ2v) is 7.93. The molecule has 1 aromatic heterocycles. The number of oxazole rings is 1. The fraction of sp³-hybridized carbons (Fsp3) is 0.571. The van der Waals surface area contributed by atoms with Crippen LogP contribution in [0.5, 0.6) is 0 Å². The molecule has 1 saturated heterocycles. The summed E-state index contributed by atoms with van der Waals surface area (Å²) in [5.41, 5.74) is 1.95. The number of esters is 1. The molecule has 2 aromatic rings. The number of amides is 1. The first-order valence-corrected chi connectivity index (χ1v) is 10.0. The second kappa shape index (κ2) is 7.91. The maximum atomic E-state index is 12.6. The maximum absolute atomic E-state index is 12.6. The van der Waals surface area contributed by atoms with Gasteiger partial charge in [0, 0.05) is 37.7 Å². The van der Waals surface area contributed by atoms with E-state index in [4.69, 9.17) is 9.15 Å². The molecule has 4 rings (SSSR count). The van der Waals surface area contributed by atoms with E-state index in [1.54, 1.807) is 19.1 Å². The van der Waals surface area contributed by atoms with E-state index < -0.39 is 0 Å². The minimum absolute atomic E-state index is 0.112. The molecule has 2 aliphatic rings. The quantitative estimate of drug-likeness (QED) is 0.738. The number of methoxy groups -OCH3 is 1. The predicted molar refractivity (Wildman–Crippen MR) is 104 cm³/mol. The van der Waals surface area contributed by atoms with Crippen LogP contribution in [0.3, 0.4) is 0 Å². The van der Waals surface area contributed by atoms with Crippen LogP contribution in [0.25, 0.3) is 11.1 Å². The van der Waals surface area contributed by atoms with Gasteiger partial charge < -0.3 is 14.5 Å². The molecule has 1 aromatic carbocycles. The van der Waals surface area contributed by atoms with Gasteiger partial charge in [-0.1, -0.05) is 0 Å². The molecule has 0 radical (unpaired) electrons. The van der Waals surface area contributed by atoms with Gasteiger partial charge in [0.1, 0.15) is 5.52 Å². The highest BCUT2D eigenvalue weighted by Gasteiger charge is 2.38. The highest BCUT2D eigenvalue weighted by Crippen LogP contribution is 2.35. The van der Waals surface area contributed by atoms with Crippen molar-refractivity contribution in [3.05, 3.63) is 29.7 Å². The molecule has 1 aliphatic heterocycles. The zero-order valence-corrected chi connectivity index (χ0v) is 16.4. The summed E-state index contributed by atoms with van der Waals surface area (Å²) < 4.78 is 10.4. The van der Waals surface area contributed by atoms with Gasteiger partial charge in [0.05, 0.1) is 13.5 Å². The van der Waals surface area contributed by atoms with Crippen molar-refractivity contribution < 1.29 is 18.7 Å². The number of nitrogens with zero attached hydrogens (tertiary/aromatic N) is 2. The van der Waals surface area contributed by atoms with Gasteiger partial charge in [-0.3, -0.25) is 14.5 Å². The summed E-state index contributed by atoms with van der Waals surface area (Å²) in [6.07, 6.45) is 4.89. The summed E-state index contributed by atoms with van der Waals surface area (Å²) in [5, 5.41) is 3.07. The number of carbonyl (C=O) groups is 2. The van der Waals surface area contributed by atoms with Crippen molar-refractivity contribution in [3.8, 4) is 0 Å². The Kier molecular flexibility index (Phi) is 5.35. The molecule has 1 N–H and O–H groups in total. The van der Waals surface area contributed by atoms with E-state index in [1.807, 2.05) is 6.07 Å². The van der Waals surface area contributed by atoms with Crippen molar-refractivity contribution in [2.75, 3.05) is 20.2 Å². The number of nitrogens with one attached hydrogen (secondary N) is 1. The predicted octanol–water partition coefficient (Wildman–Crippen LogP) is 2.67. The van der Waals surface area contributed by atoms with E-state index in [-0.39, 0.29) is 24.0 Å². The average Bonchev–Trinajstić information content (AvgIpc) is 3.31. The highest BCUT2D eigenvalue weighted by atomic mass is 16.5. The molecule has 150 valence electrons. The third-order valence-corrected chi connectivity index (χ3v) is 5.82. The summed E-state index contributed by atoms with van der Waals surface area (Å²) in [6.45, 7) is 3.38. The number of aromatic nitrogens is 1. The number of hydrogen-bond acceptors (Lipinski definition) is 6. The van der Waals surface area contributed by atoms with Crippen molar-refractivity contribution in [3.63, 3.8) is 0 Å². The number of rotatable bonds is 7. The number of aryl methyl sites for hydroxylation is 1. The van der Waals surface area contributed by atoms with Gasteiger partial charge in [-0.2, -0.15) is 0 Å². The molecule has 1 amide bonds. The van der Waals surface area contributed by atoms with Crippen molar-refractivity contribution >= 4 is 23.0 Å². The Balaban J connectivity index is 1.38. The number of benzene rings is 1. The minimum atomic E-state index is -0.161. The largest absolute Gasteiger partial charge is 0.469 e. The fourth-order valence-electron chi connectivity index (χ4n) is 4.12. The normalized spacial score (nSPS) is 22.5. The van der Waals surface area contributed by atoms with E-state index in [9.17, 15) is 9.59 Å². The van der Waals surface area contributed by atoms with Crippen LogP contribution in [0.1, 0.15) is 48.4 Å². The smallest absolute Gasteiger partial charge is 0.307 e. The summed E-state index contributed by atoms with van der Waals surface area (Å²) in [6, 6.07) is 5.79. The Bertz CT molecular complexity index is 874. The zero-order chi connectivity index (χ0) is 19.7. The maximum Gasteiger partial charge on any atom is 0.307 e. The second-order valence-electron chi connectivity index (χ2n) is 7.93. The Morgan fingerprint density at radius 2 is 2.04 bits per heavy atom. The molecule has 2 fully saturated rings. The monoisotopic (exact) mass is 385 g/mol. The van der Waals surface area contributed by atoms with E-state index in [0.717, 1.165) is 30.8 Å². The van der Waals surface area contributed by atoms with Crippen LogP contribution in [0.15, 0.2) is 22.6 Å². The van der Waals surface area contributed by atoms with Crippen molar-refractivity contribution in [1.82, 2.24) is 15.2 Å². The molecular formula is C21H27N3O4. The standard InChI is InChI=1S/C21H27N3O4/c1-13-23-18-8-5-15(9-19(18)28-13)21(26)22-11-17-7-6-16(10-20(25)27-2)24(17)12-14-3-4-14/h5,8-9,14,16-17H,3-4,6-7,10-12H2,1-2H3,(H,22,26)/t16-,17+/m1/s1. The first kappa shape index (κ1) is 18.9. The van der Waals surface area contributed by atoms with Crippen LogP contribution in [0, 0.1) is 12.8 Å². The molecule has 0 unspecified atom stereocenters. The van der Waals surface area contributed by atoms with Gasteiger partial charge in [0.2, 0.25) is 0 Å². The molecule has 28 heavy (non-hydrogen) atoms. The third-order valence-electron chi connectivity index (χ3n) is 5.82. The van der Waals surface area contributed by atoms with Gasteiger partial charge in [-0.25, -0.2) is 4.98 Å². The number of likely N-dealkylation sites (tertiary alicyclic amines) is 1. The van der Waals surface area contributed by atoms with Gasteiger partial charge in [0.15, 0.2) is 11.5 Å². The van der Waals surface area contributed by atoms with Gasteiger partial charge >= 0.3 is 5.97 Å². The Hall–Kier alpha value is -2.41. The summed E-state index contributed by atoms with van der Waals surface area (Å²) in [5.74, 6) is 1.05. The number of carbonyl (C=O) groups excluding carboxylic acids is 2. The van der Waals surface area contributed by atoms with E-state index in [1.165, 1.54) is 20.0 Å². The van der Waals surface area contributed by atoms with Crippen LogP contribution in [0.2, 0.25) is 0 Å². The summed E-state index contributed by atoms with van der Waals surface area (Å²) >= 11 is 0. The minimum Gasteiger partial charge on any atom is -0.469 e. The van der Waals surface area contributed by atoms with E-state index in [0.29, 0.717) is 30.0 Å². The van der Waals surface area contributed by atoms with Crippen LogP contribution in [-0.2, 0) is 9.53 Å². The third kappa shape index (κ3) is 4.19. The zero-order valence-electron chi connectivity index (χ0n) is 16.4. The molecule has 7 heteroatoms. The van der Waals surface area contributed by atoms with Gasteiger partial charge in [0.25, 0.3) is 5.91 Å². The summed E-state index contributed by atoms with van der Waals surface area (Å²) in [7, 11) is 1.44. The lowest BCUT2D eigenvalue weighted by Gasteiger charge is -2.30. The van der Waals surface area contributed by atoms with Gasteiger partial charge in [-0.15, -0.1) is 0 Å². The lowest BCUT2D eigenvalue weighted by atomic mass is 10.1. The molecule has 2 atom stereocenters. The lowest BCUT2D eigenvalue weighted by Crippen LogP contribution is -2.44. The van der Waals surface area contributed by atoms with E-state index >= 15 is 0 Å². The Morgan fingerprint density at radius 3 is 2.79 bits per heavy atom. The van der Waals surface area contributed by atoms with Crippen LogP contribution in [0.4, 0.5) is 0 Å². The average molecular weight is 385 g/mol.